The van der Waals surface area contributed by atoms with Crippen LogP contribution >= 0.6 is 23.2 Å². The average molecular weight is 667 g/mol. The largest absolute Gasteiger partial charge is 0.352 e. The fourth-order valence-electron chi connectivity index (χ4n) is 4.96. The Kier molecular flexibility index (Phi) is 11.3. The molecule has 10 heteroatoms. The Morgan fingerprint density at radius 2 is 1.42 bits per heavy atom. The average Bonchev–Trinajstić information content (AvgIpc) is 2.98. The lowest BCUT2D eigenvalue weighted by Crippen LogP contribution is -2.54. The summed E-state index contributed by atoms with van der Waals surface area (Å²) in [7, 11) is -4.27. The number of carbonyl (C=O) groups is 2. The minimum atomic E-state index is -4.27. The van der Waals surface area contributed by atoms with Gasteiger partial charge < -0.3 is 10.2 Å². The first-order valence-corrected chi connectivity index (χ1v) is 16.8. The summed E-state index contributed by atoms with van der Waals surface area (Å²) in [4.78, 5) is 29.8. The number of sulfonamides is 1. The molecule has 0 aliphatic heterocycles. The molecular formula is C35H37Cl2N3O4S. The quantitative estimate of drug-likeness (QED) is 0.177. The SMILES string of the molecule is Cc1ccc(S(=O)(=O)N(CC(=O)N(Cc2ccccc2C)[C@@H](Cc2ccccc2)C(=O)NC(C)C)c2cc(Cl)cc(Cl)c2)cc1. The molecule has 1 atom stereocenters. The first kappa shape index (κ1) is 34.0. The number of rotatable bonds is 12. The van der Waals surface area contributed by atoms with Crippen LogP contribution in [0.1, 0.15) is 36.1 Å². The zero-order valence-corrected chi connectivity index (χ0v) is 28.0. The van der Waals surface area contributed by atoms with Gasteiger partial charge in [-0.05, 0) is 74.7 Å². The van der Waals surface area contributed by atoms with Crippen LogP contribution in [0.2, 0.25) is 10.0 Å². The number of carbonyl (C=O) groups excluding carboxylic acids is 2. The fraction of sp³-hybridized carbons (Fsp3) is 0.257. The van der Waals surface area contributed by atoms with Crippen molar-refractivity contribution in [3.63, 3.8) is 0 Å². The van der Waals surface area contributed by atoms with Gasteiger partial charge in [-0.25, -0.2) is 8.42 Å². The van der Waals surface area contributed by atoms with E-state index < -0.39 is 28.5 Å². The summed E-state index contributed by atoms with van der Waals surface area (Å²) in [5, 5.41) is 3.38. The van der Waals surface area contributed by atoms with Crippen molar-refractivity contribution >= 4 is 50.7 Å². The van der Waals surface area contributed by atoms with Crippen LogP contribution in [-0.2, 0) is 32.6 Å². The Hall–Kier alpha value is -3.85. The molecule has 7 nitrogen and oxygen atoms in total. The minimum absolute atomic E-state index is 0.000776. The van der Waals surface area contributed by atoms with Gasteiger partial charge in [0.25, 0.3) is 10.0 Å². The van der Waals surface area contributed by atoms with Crippen LogP contribution in [0.4, 0.5) is 5.69 Å². The molecule has 1 N–H and O–H groups in total. The summed E-state index contributed by atoms with van der Waals surface area (Å²) in [5.74, 6) is -0.903. The van der Waals surface area contributed by atoms with Crippen molar-refractivity contribution in [2.45, 2.75) is 57.6 Å². The molecule has 0 heterocycles. The van der Waals surface area contributed by atoms with E-state index in [1.807, 2.05) is 82.3 Å². The number of aryl methyl sites for hydroxylation is 2. The van der Waals surface area contributed by atoms with Crippen molar-refractivity contribution in [2.24, 2.45) is 0 Å². The van der Waals surface area contributed by atoms with Crippen molar-refractivity contribution in [3.8, 4) is 0 Å². The van der Waals surface area contributed by atoms with E-state index in [1.165, 1.54) is 35.2 Å². The molecule has 45 heavy (non-hydrogen) atoms. The number of hydrogen-bond donors (Lipinski definition) is 1. The summed E-state index contributed by atoms with van der Waals surface area (Å²) in [6.07, 6.45) is 0.227. The lowest BCUT2D eigenvalue weighted by atomic mass is 10.0. The van der Waals surface area contributed by atoms with Crippen LogP contribution in [0.25, 0.3) is 0 Å². The normalized spacial score (nSPS) is 12.1. The van der Waals surface area contributed by atoms with E-state index in [4.69, 9.17) is 23.2 Å². The lowest BCUT2D eigenvalue weighted by molar-refractivity contribution is -0.140. The zero-order valence-electron chi connectivity index (χ0n) is 25.7. The fourth-order valence-corrected chi connectivity index (χ4v) is 6.87. The van der Waals surface area contributed by atoms with Gasteiger partial charge in [-0.3, -0.25) is 13.9 Å². The maximum atomic E-state index is 14.5. The molecule has 2 amide bonds. The highest BCUT2D eigenvalue weighted by molar-refractivity contribution is 7.92. The molecule has 4 aromatic carbocycles. The molecule has 0 radical (unpaired) electrons. The van der Waals surface area contributed by atoms with Gasteiger partial charge in [-0.2, -0.15) is 0 Å². The molecule has 0 aliphatic rings. The van der Waals surface area contributed by atoms with Gasteiger partial charge >= 0.3 is 0 Å². The number of nitrogens with zero attached hydrogens (tertiary/aromatic N) is 2. The standard InChI is InChI=1S/C35H37Cl2N3O4S/c1-24(2)38-35(42)33(18-27-11-6-5-7-12-27)39(22-28-13-9-8-10-26(28)4)34(41)23-40(31-20-29(36)19-30(37)21-31)45(43,44)32-16-14-25(3)15-17-32/h5-17,19-21,24,33H,18,22-23H2,1-4H3,(H,38,42)/t33-/m0/s1. The van der Waals surface area contributed by atoms with Crippen LogP contribution in [0, 0.1) is 13.8 Å². The third-order valence-electron chi connectivity index (χ3n) is 7.33. The Bertz CT molecular complexity index is 1730. The summed E-state index contributed by atoms with van der Waals surface area (Å²) < 4.78 is 29.3. The smallest absolute Gasteiger partial charge is 0.264 e. The monoisotopic (exact) mass is 665 g/mol. The number of halogens is 2. The van der Waals surface area contributed by atoms with Crippen LogP contribution in [0.15, 0.2) is 102 Å². The van der Waals surface area contributed by atoms with E-state index in [0.717, 1.165) is 26.6 Å². The van der Waals surface area contributed by atoms with E-state index in [9.17, 15) is 18.0 Å². The van der Waals surface area contributed by atoms with Gasteiger partial charge in [0.1, 0.15) is 12.6 Å². The van der Waals surface area contributed by atoms with Crippen LogP contribution < -0.4 is 9.62 Å². The third kappa shape index (κ3) is 8.87. The molecule has 0 saturated carbocycles. The maximum Gasteiger partial charge on any atom is 0.264 e. The molecule has 0 aliphatic carbocycles. The van der Waals surface area contributed by atoms with Gasteiger partial charge in [-0.15, -0.1) is 0 Å². The van der Waals surface area contributed by atoms with Gasteiger partial charge in [0.2, 0.25) is 11.8 Å². The Morgan fingerprint density at radius 3 is 2.02 bits per heavy atom. The maximum absolute atomic E-state index is 14.5. The molecule has 4 rings (SSSR count). The predicted molar refractivity (Wildman–Crippen MR) is 181 cm³/mol. The van der Waals surface area contributed by atoms with E-state index in [1.54, 1.807) is 12.1 Å². The number of benzene rings is 4. The molecule has 0 bridgehead atoms. The van der Waals surface area contributed by atoms with Crippen molar-refractivity contribution in [1.82, 2.24) is 10.2 Å². The van der Waals surface area contributed by atoms with Crippen molar-refractivity contribution in [3.05, 3.63) is 129 Å². The molecule has 0 saturated heterocycles. The molecule has 4 aromatic rings. The number of anilines is 1. The van der Waals surface area contributed by atoms with Crippen LogP contribution in [-0.4, -0.2) is 43.8 Å². The van der Waals surface area contributed by atoms with Crippen molar-refractivity contribution in [2.75, 3.05) is 10.8 Å². The molecule has 0 fully saturated rings. The highest BCUT2D eigenvalue weighted by atomic mass is 35.5. The highest BCUT2D eigenvalue weighted by Crippen LogP contribution is 2.30. The van der Waals surface area contributed by atoms with E-state index >= 15 is 0 Å². The lowest BCUT2D eigenvalue weighted by Gasteiger charge is -2.34. The highest BCUT2D eigenvalue weighted by Gasteiger charge is 2.35. The number of amides is 2. The molecule has 0 unspecified atom stereocenters. The van der Waals surface area contributed by atoms with Crippen LogP contribution in [0.5, 0.6) is 0 Å². The van der Waals surface area contributed by atoms with E-state index in [2.05, 4.69) is 5.32 Å². The van der Waals surface area contributed by atoms with E-state index in [-0.39, 0.29) is 45.5 Å². The van der Waals surface area contributed by atoms with Crippen molar-refractivity contribution < 1.29 is 18.0 Å². The second kappa shape index (κ2) is 15.0. The second-order valence-electron chi connectivity index (χ2n) is 11.3. The number of hydrogen-bond acceptors (Lipinski definition) is 4. The predicted octanol–water partition coefficient (Wildman–Crippen LogP) is 6.97. The van der Waals surface area contributed by atoms with Gasteiger partial charge in [0, 0.05) is 29.1 Å². The summed E-state index contributed by atoms with van der Waals surface area (Å²) in [5.41, 5.74) is 3.63. The topological polar surface area (TPSA) is 86.8 Å². The Balaban J connectivity index is 1.84. The molecule has 0 spiro atoms. The van der Waals surface area contributed by atoms with Gasteiger partial charge in [0.05, 0.1) is 10.6 Å². The van der Waals surface area contributed by atoms with E-state index in [0.29, 0.717) is 0 Å². The molecule has 0 aromatic heterocycles. The first-order chi connectivity index (χ1) is 21.3. The Morgan fingerprint density at radius 1 is 0.822 bits per heavy atom. The number of nitrogens with one attached hydrogen (secondary N) is 1. The zero-order chi connectivity index (χ0) is 32.7. The van der Waals surface area contributed by atoms with Gasteiger partial charge in [-0.1, -0.05) is 95.5 Å². The third-order valence-corrected chi connectivity index (χ3v) is 9.55. The summed E-state index contributed by atoms with van der Waals surface area (Å²) in [6, 6.07) is 26.7. The minimum Gasteiger partial charge on any atom is -0.352 e. The molecular weight excluding hydrogens is 629 g/mol. The summed E-state index contributed by atoms with van der Waals surface area (Å²) >= 11 is 12.6. The summed E-state index contributed by atoms with van der Waals surface area (Å²) in [6.45, 7) is 6.98. The molecule has 236 valence electrons. The Labute approximate surface area is 275 Å². The second-order valence-corrected chi connectivity index (χ2v) is 14.0. The first-order valence-electron chi connectivity index (χ1n) is 14.6. The van der Waals surface area contributed by atoms with Crippen LogP contribution in [0.3, 0.4) is 0 Å². The van der Waals surface area contributed by atoms with Gasteiger partial charge in [0.15, 0.2) is 0 Å². The van der Waals surface area contributed by atoms with Crippen molar-refractivity contribution in [1.29, 1.82) is 0 Å².